The topological polar surface area (TPSA) is 84.9 Å². The number of carbonyl (C=O) groups excluding carboxylic acids is 1. The van der Waals surface area contributed by atoms with E-state index in [2.05, 4.69) is 5.32 Å². The van der Waals surface area contributed by atoms with Gasteiger partial charge in [0.05, 0.1) is 18.6 Å². The molecule has 6 nitrogen and oxygen atoms in total. The fourth-order valence-corrected chi connectivity index (χ4v) is 2.33. The average molecular weight is 271 g/mol. The summed E-state index contributed by atoms with van der Waals surface area (Å²) in [6.45, 7) is 1.61. The lowest BCUT2D eigenvalue weighted by molar-refractivity contribution is -0.141. The van der Waals surface area contributed by atoms with Gasteiger partial charge in [-0.25, -0.2) is 0 Å². The van der Waals surface area contributed by atoms with Gasteiger partial charge in [-0.15, -0.1) is 0 Å². The third-order valence-corrected chi connectivity index (χ3v) is 3.63. The first-order valence-electron chi connectivity index (χ1n) is 6.78. The van der Waals surface area contributed by atoms with Gasteiger partial charge in [-0.05, 0) is 31.6 Å². The molecule has 2 fully saturated rings. The Morgan fingerprint density at radius 1 is 1.32 bits per heavy atom. The molecule has 1 saturated heterocycles. The molecular weight excluding hydrogens is 250 g/mol. The summed E-state index contributed by atoms with van der Waals surface area (Å²) < 4.78 is 10.6. The van der Waals surface area contributed by atoms with Crippen molar-refractivity contribution in [3.63, 3.8) is 0 Å². The van der Waals surface area contributed by atoms with Gasteiger partial charge in [0.2, 0.25) is 5.91 Å². The fraction of sp³-hybridized carbons (Fsp3) is 0.846. The van der Waals surface area contributed by atoms with Gasteiger partial charge in [0.25, 0.3) is 0 Å². The van der Waals surface area contributed by atoms with Crippen molar-refractivity contribution < 1.29 is 24.2 Å². The van der Waals surface area contributed by atoms with Crippen LogP contribution in [0.25, 0.3) is 0 Å². The summed E-state index contributed by atoms with van der Waals surface area (Å²) in [7, 11) is 0. The lowest BCUT2D eigenvalue weighted by atomic mass is 9.86. The van der Waals surface area contributed by atoms with Gasteiger partial charge in [-0.2, -0.15) is 0 Å². The van der Waals surface area contributed by atoms with E-state index in [4.69, 9.17) is 14.6 Å². The second-order valence-corrected chi connectivity index (χ2v) is 5.47. The molecule has 0 spiro atoms. The van der Waals surface area contributed by atoms with Crippen LogP contribution in [0.3, 0.4) is 0 Å². The summed E-state index contributed by atoms with van der Waals surface area (Å²) in [6.07, 6.45) is 3.37. The lowest BCUT2D eigenvalue weighted by Crippen LogP contribution is -2.54. The zero-order valence-corrected chi connectivity index (χ0v) is 11.0. The minimum Gasteiger partial charge on any atom is -0.481 e. The normalized spacial score (nSPS) is 21.9. The third kappa shape index (κ3) is 4.80. The molecule has 108 valence electrons. The summed E-state index contributed by atoms with van der Waals surface area (Å²) in [4.78, 5) is 22.8. The molecule has 2 aliphatic rings. The number of carboxylic acid groups (broad SMARTS) is 1. The van der Waals surface area contributed by atoms with Crippen LogP contribution in [0.1, 0.15) is 32.1 Å². The lowest BCUT2D eigenvalue weighted by Gasteiger charge is -2.36. The number of aliphatic carboxylic acids is 1. The highest BCUT2D eigenvalue weighted by atomic mass is 16.5. The van der Waals surface area contributed by atoms with Gasteiger partial charge < -0.3 is 19.9 Å². The number of carbonyl (C=O) groups is 2. The van der Waals surface area contributed by atoms with E-state index in [1.165, 1.54) is 12.8 Å². The maximum Gasteiger partial charge on any atom is 0.305 e. The second-order valence-electron chi connectivity index (χ2n) is 5.47. The Bertz CT molecular complexity index is 334. The molecule has 6 heteroatoms. The van der Waals surface area contributed by atoms with Crippen molar-refractivity contribution in [2.24, 2.45) is 5.92 Å². The molecule has 2 N–H and O–H groups in total. The SMILES string of the molecule is O=C(O)CC1(NC(=O)COCC2CC2)CCOCC1. The van der Waals surface area contributed by atoms with E-state index in [-0.39, 0.29) is 18.9 Å². The Balaban J connectivity index is 1.79. The van der Waals surface area contributed by atoms with Crippen LogP contribution in [-0.4, -0.2) is 48.9 Å². The third-order valence-electron chi connectivity index (χ3n) is 3.63. The van der Waals surface area contributed by atoms with Crippen LogP contribution >= 0.6 is 0 Å². The number of amides is 1. The highest BCUT2D eigenvalue weighted by Gasteiger charge is 2.36. The van der Waals surface area contributed by atoms with Gasteiger partial charge in [0.1, 0.15) is 6.61 Å². The highest BCUT2D eigenvalue weighted by Crippen LogP contribution is 2.28. The van der Waals surface area contributed by atoms with E-state index in [9.17, 15) is 9.59 Å². The molecule has 0 unspecified atom stereocenters. The molecule has 19 heavy (non-hydrogen) atoms. The van der Waals surface area contributed by atoms with Crippen LogP contribution in [0, 0.1) is 5.92 Å². The van der Waals surface area contributed by atoms with Crippen LogP contribution < -0.4 is 5.32 Å². The Kier molecular flexibility index (Phi) is 4.76. The molecule has 0 aromatic rings. The molecule has 1 saturated carbocycles. The van der Waals surface area contributed by atoms with Crippen molar-refractivity contribution in [1.29, 1.82) is 0 Å². The van der Waals surface area contributed by atoms with Crippen LogP contribution in [0.2, 0.25) is 0 Å². The van der Waals surface area contributed by atoms with E-state index >= 15 is 0 Å². The smallest absolute Gasteiger partial charge is 0.305 e. The van der Waals surface area contributed by atoms with Gasteiger partial charge in [0.15, 0.2) is 0 Å². The summed E-state index contributed by atoms with van der Waals surface area (Å²) in [6, 6.07) is 0. The van der Waals surface area contributed by atoms with Crippen LogP contribution in [0.4, 0.5) is 0 Å². The quantitative estimate of drug-likeness (QED) is 0.706. The molecule has 1 amide bonds. The van der Waals surface area contributed by atoms with Crippen molar-refractivity contribution in [2.75, 3.05) is 26.4 Å². The molecule has 1 aliphatic carbocycles. The molecule has 0 aromatic heterocycles. The van der Waals surface area contributed by atoms with Gasteiger partial charge in [-0.1, -0.05) is 0 Å². The van der Waals surface area contributed by atoms with E-state index in [0.717, 1.165) is 0 Å². The van der Waals surface area contributed by atoms with Gasteiger partial charge >= 0.3 is 5.97 Å². The standard InChI is InChI=1S/C13H21NO5/c15-11(9-19-8-10-1-2-10)14-13(7-12(16)17)3-5-18-6-4-13/h10H,1-9H2,(H,14,15)(H,16,17). The van der Waals surface area contributed by atoms with Crippen LogP contribution in [0.5, 0.6) is 0 Å². The molecule has 0 aromatic carbocycles. The first-order chi connectivity index (χ1) is 9.10. The molecule has 1 aliphatic heterocycles. The highest BCUT2D eigenvalue weighted by molar-refractivity contribution is 5.79. The maximum atomic E-state index is 11.8. The number of hydrogen-bond acceptors (Lipinski definition) is 4. The van der Waals surface area contributed by atoms with Gasteiger partial charge in [-0.3, -0.25) is 9.59 Å². The van der Waals surface area contributed by atoms with Crippen molar-refractivity contribution in [3.05, 3.63) is 0 Å². The minimum atomic E-state index is -0.902. The Morgan fingerprint density at radius 2 is 2.00 bits per heavy atom. The number of carboxylic acids is 1. The second kappa shape index (κ2) is 6.34. The Hall–Kier alpha value is -1.14. The van der Waals surface area contributed by atoms with E-state index in [0.29, 0.717) is 38.6 Å². The van der Waals surface area contributed by atoms with Crippen molar-refractivity contribution in [3.8, 4) is 0 Å². The van der Waals surface area contributed by atoms with Gasteiger partial charge in [0, 0.05) is 13.2 Å². The summed E-state index contributed by atoms with van der Waals surface area (Å²) in [5.74, 6) is -0.520. The Morgan fingerprint density at radius 3 is 2.58 bits per heavy atom. The Labute approximate surface area is 112 Å². The largest absolute Gasteiger partial charge is 0.481 e. The summed E-state index contributed by atoms with van der Waals surface area (Å²) in [5.41, 5.74) is -0.676. The van der Waals surface area contributed by atoms with Crippen molar-refractivity contribution >= 4 is 11.9 Å². The summed E-state index contributed by atoms with van der Waals surface area (Å²) in [5, 5.41) is 11.8. The number of nitrogens with one attached hydrogen (secondary N) is 1. The molecule has 1 heterocycles. The number of rotatable bonds is 7. The van der Waals surface area contributed by atoms with Crippen molar-refractivity contribution in [1.82, 2.24) is 5.32 Å². The van der Waals surface area contributed by atoms with Crippen LogP contribution in [-0.2, 0) is 19.1 Å². The number of ether oxygens (including phenoxy) is 2. The van der Waals surface area contributed by atoms with E-state index in [1.807, 2.05) is 0 Å². The molecule has 2 rings (SSSR count). The monoisotopic (exact) mass is 271 g/mol. The van der Waals surface area contributed by atoms with E-state index in [1.54, 1.807) is 0 Å². The molecular formula is C13H21NO5. The number of hydrogen-bond donors (Lipinski definition) is 2. The molecule has 0 radical (unpaired) electrons. The predicted molar refractivity (Wildman–Crippen MR) is 66.7 cm³/mol. The summed E-state index contributed by atoms with van der Waals surface area (Å²) >= 11 is 0. The first kappa shape index (κ1) is 14.3. The first-order valence-corrected chi connectivity index (χ1v) is 6.78. The zero-order valence-electron chi connectivity index (χ0n) is 11.0. The maximum absolute atomic E-state index is 11.8. The average Bonchev–Trinajstić information content (AvgIpc) is 3.12. The fourth-order valence-electron chi connectivity index (χ4n) is 2.33. The molecule has 0 atom stereocenters. The zero-order chi connectivity index (χ0) is 13.7. The van der Waals surface area contributed by atoms with E-state index < -0.39 is 11.5 Å². The minimum absolute atomic E-state index is 0.0126. The molecule has 0 bridgehead atoms. The van der Waals surface area contributed by atoms with Crippen molar-refractivity contribution in [2.45, 2.75) is 37.6 Å². The van der Waals surface area contributed by atoms with Crippen LogP contribution in [0.15, 0.2) is 0 Å². The predicted octanol–water partition coefficient (Wildman–Crippen LogP) is 0.553.